The first-order chi connectivity index (χ1) is 14.6. The van der Waals surface area contributed by atoms with Crippen molar-refractivity contribution in [3.63, 3.8) is 0 Å². The summed E-state index contributed by atoms with van der Waals surface area (Å²) < 4.78 is 10.4. The summed E-state index contributed by atoms with van der Waals surface area (Å²) in [5.74, 6) is 2.33. The number of nitrogen functional groups attached to an aromatic ring is 1. The first-order valence-electron chi connectivity index (χ1n) is 9.57. The molecule has 9 nitrogen and oxygen atoms in total. The molecule has 1 aromatic carbocycles. The van der Waals surface area contributed by atoms with E-state index in [4.69, 9.17) is 15.0 Å². The van der Waals surface area contributed by atoms with Gasteiger partial charge in [0.2, 0.25) is 5.95 Å². The molecule has 0 spiro atoms. The molecule has 0 radical (unpaired) electrons. The molecule has 0 atom stereocenters. The fraction of sp³-hybridized carbons (Fsp3) is 0.238. The van der Waals surface area contributed by atoms with Crippen molar-refractivity contribution in [2.45, 2.75) is 26.3 Å². The molecule has 4 N–H and O–H groups in total. The van der Waals surface area contributed by atoms with Gasteiger partial charge in [-0.15, -0.1) is 0 Å². The zero-order valence-electron chi connectivity index (χ0n) is 16.8. The Morgan fingerprint density at radius 2 is 2.10 bits per heavy atom. The number of nitrogens with zero attached hydrogens (tertiary/aromatic N) is 4. The van der Waals surface area contributed by atoms with E-state index in [1.165, 1.54) is 5.56 Å². The van der Waals surface area contributed by atoms with Crippen LogP contribution in [0.25, 0.3) is 11.3 Å². The van der Waals surface area contributed by atoms with Gasteiger partial charge >= 0.3 is 0 Å². The summed E-state index contributed by atoms with van der Waals surface area (Å²) in [6, 6.07) is 11.9. The molecule has 0 aliphatic rings. The maximum Gasteiger partial charge on any atom is 0.225 e. The number of H-pyrrole nitrogens is 1. The second kappa shape index (κ2) is 8.64. The predicted octanol–water partition coefficient (Wildman–Crippen LogP) is 3.15. The Morgan fingerprint density at radius 3 is 2.87 bits per heavy atom. The minimum absolute atomic E-state index is 0.354. The Hall–Kier alpha value is -3.88. The fourth-order valence-electron chi connectivity index (χ4n) is 3.08. The van der Waals surface area contributed by atoms with Crippen LogP contribution in [0.4, 0.5) is 11.8 Å². The number of benzene rings is 1. The third kappa shape index (κ3) is 4.57. The lowest BCUT2D eigenvalue weighted by molar-refractivity contribution is 0.384. The summed E-state index contributed by atoms with van der Waals surface area (Å²) in [7, 11) is 1.67. The van der Waals surface area contributed by atoms with Gasteiger partial charge < -0.3 is 20.3 Å². The summed E-state index contributed by atoms with van der Waals surface area (Å²) in [6.07, 6.45) is 3.35. The van der Waals surface area contributed by atoms with Gasteiger partial charge in [-0.3, -0.25) is 5.10 Å². The fourth-order valence-corrected chi connectivity index (χ4v) is 3.08. The Bertz CT molecular complexity index is 1140. The number of rotatable bonds is 8. The Labute approximate surface area is 173 Å². The molecule has 0 saturated heterocycles. The number of methoxy groups -OCH3 is 1. The van der Waals surface area contributed by atoms with Crippen LogP contribution in [-0.2, 0) is 19.4 Å². The van der Waals surface area contributed by atoms with Crippen LogP contribution in [0.15, 0.2) is 47.1 Å². The second-order valence-corrected chi connectivity index (χ2v) is 6.91. The van der Waals surface area contributed by atoms with Crippen molar-refractivity contribution in [2.24, 2.45) is 0 Å². The normalized spacial score (nSPS) is 10.9. The van der Waals surface area contributed by atoms with Gasteiger partial charge in [-0.1, -0.05) is 17.3 Å². The lowest BCUT2D eigenvalue weighted by Crippen LogP contribution is -2.05. The van der Waals surface area contributed by atoms with Crippen molar-refractivity contribution in [1.29, 1.82) is 0 Å². The lowest BCUT2D eigenvalue weighted by atomic mass is 10.1. The van der Waals surface area contributed by atoms with E-state index in [0.29, 0.717) is 35.3 Å². The smallest absolute Gasteiger partial charge is 0.225 e. The zero-order chi connectivity index (χ0) is 20.9. The number of ether oxygens (including phenoxy) is 1. The van der Waals surface area contributed by atoms with E-state index in [9.17, 15) is 0 Å². The highest BCUT2D eigenvalue weighted by Gasteiger charge is 2.11. The van der Waals surface area contributed by atoms with Gasteiger partial charge in [0, 0.05) is 18.0 Å². The van der Waals surface area contributed by atoms with E-state index in [1.54, 1.807) is 13.3 Å². The third-order valence-electron chi connectivity index (χ3n) is 4.64. The quantitative estimate of drug-likeness (QED) is 0.408. The average molecular weight is 405 g/mol. The SMILES string of the molecule is COc1cccc(CCc2cc(-c3cnc(NCc4cc(C)no4)nc3N)n[nH]2)c1. The summed E-state index contributed by atoms with van der Waals surface area (Å²) in [5, 5.41) is 14.4. The Kier molecular flexibility index (Phi) is 5.60. The number of hydrogen-bond acceptors (Lipinski definition) is 8. The van der Waals surface area contributed by atoms with E-state index in [-0.39, 0.29) is 0 Å². The lowest BCUT2D eigenvalue weighted by Gasteiger charge is -2.05. The van der Waals surface area contributed by atoms with Crippen LogP contribution in [-0.4, -0.2) is 32.4 Å². The monoisotopic (exact) mass is 405 g/mol. The van der Waals surface area contributed by atoms with Gasteiger partial charge in [0.05, 0.1) is 30.6 Å². The van der Waals surface area contributed by atoms with Crippen molar-refractivity contribution in [3.8, 4) is 17.0 Å². The molecular formula is C21H23N7O2. The molecule has 3 heterocycles. The van der Waals surface area contributed by atoms with E-state index in [0.717, 1.165) is 30.0 Å². The van der Waals surface area contributed by atoms with E-state index < -0.39 is 0 Å². The molecular weight excluding hydrogens is 382 g/mol. The van der Waals surface area contributed by atoms with Crippen LogP contribution in [0.1, 0.15) is 22.7 Å². The van der Waals surface area contributed by atoms with E-state index in [2.05, 4.69) is 36.7 Å². The number of aromatic nitrogens is 5. The third-order valence-corrected chi connectivity index (χ3v) is 4.64. The highest BCUT2D eigenvalue weighted by Crippen LogP contribution is 2.24. The highest BCUT2D eigenvalue weighted by atomic mass is 16.5. The maximum absolute atomic E-state index is 6.14. The maximum atomic E-state index is 6.14. The highest BCUT2D eigenvalue weighted by molar-refractivity contribution is 5.70. The minimum Gasteiger partial charge on any atom is -0.497 e. The number of nitrogens with two attached hydrogens (primary N) is 1. The van der Waals surface area contributed by atoms with Crippen molar-refractivity contribution in [1.82, 2.24) is 25.3 Å². The Morgan fingerprint density at radius 1 is 1.20 bits per heavy atom. The van der Waals surface area contributed by atoms with Gasteiger partial charge in [-0.25, -0.2) is 4.98 Å². The van der Waals surface area contributed by atoms with E-state index in [1.807, 2.05) is 37.3 Å². The summed E-state index contributed by atoms with van der Waals surface area (Å²) in [5.41, 5.74) is 10.6. The van der Waals surface area contributed by atoms with Crippen LogP contribution < -0.4 is 15.8 Å². The molecule has 0 aliphatic heterocycles. The summed E-state index contributed by atoms with van der Waals surface area (Å²) in [4.78, 5) is 8.65. The molecule has 9 heteroatoms. The molecule has 3 aromatic heterocycles. The van der Waals surface area contributed by atoms with Crippen LogP contribution in [0.5, 0.6) is 5.75 Å². The van der Waals surface area contributed by atoms with Crippen molar-refractivity contribution < 1.29 is 9.26 Å². The minimum atomic E-state index is 0.354. The van der Waals surface area contributed by atoms with Gasteiger partial charge in [0.15, 0.2) is 5.76 Å². The van der Waals surface area contributed by atoms with Crippen LogP contribution >= 0.6 is 0 Å². The van der Waals surface area contributed by atoms with Crippen LogP contribution in [0.3, 0.4) is 0 Å². The number of aryl methyl sites for hydroxylation is 3. The van der Waals surface area contributed by atoms with Crippen molar-refractivity contribution >= 4 is 11.8 Å². The topological polar surface area (TPSA) is 128 Å². The van der Waals surface area contributed by atoms with Crippen molar-refractivity contribution in [3.05, 3.63) is 65.3 Å². The first-order valence-corrected chi connectivity index (χ1v) is 9.57. The molecule has 154 valence electrons. The summed E-state index contributed by atoms with van der Waals surface area (Å²) in [6.45, 7) is 2.29. The summed E-state index contributed by atoms with van der Waals surface area (Å²) >= 11 is 0. The molecule has 4 aromatic rings. The predicted molar refractivity (Wildman–Crippen MR) is 113 cm³/mol. The number of hydrogen-bond donors (Lipinski definition) is 3. The molecule has 30 heavy (non-hydrogen) atoms. The second-order valence-electron chi connectivity index (χ2n) is 6.91. The molecule has 0 amide bonds. The molecule has 0 bridgehead atoms. The zero-order valence-corrected chi connectivity index (χ0v) is 16.8. The molecule has 0 unspecified atom stereocenters. The van der Waals surface area contributed by atoms with E-state index >= 15 is 0 Å². The van der Waals surface area contributed by atoms with Gasteiger partial charge in [-0.2, -0.15) is 10.1 Å². The van der Waals surface area contributed by atoms with Crippen molar-refractivity contribution in [2.75, 3.05) is 18.2 Å². The molecule has 0 aliphatic carbocycles. The van der Waals surface area contributed by atoms with Gasteiger partial charge in [0.1, 0.15) is 11.6 Å². The van der Waals surface area contributed by atoms with Crippen LogP contribution in [0, 0.1) is 6.92 Å². The first kappa shape index (κ1) is 19.4. The number of nitrogens with one attached hydrogen (secondary N) is 2. The Balaban J connectivity index is 1.39. The number of anilines is 2. The molecule has 0 fully saturated rings. The largest absolute Gasteiger partial charge is 0.497 e. The average Bonchev–Trinajstić information content (AvgIpc) is 3.40. The van der Waals surface area contributed by atoms with Gasteiger partial charge in [-0.05, 0) is 43.5 Å². The molecule has 0 saturated carbocycles. The molecule has 4 rings (SSSR count). The van der Waals surface area contributed by atoms with Crippen LogP contribution in [0.2, 0.25) is 0 Å². The number of aromatic amines is 1. The van der Waals surface area contributed by atoms with Gasteiger partial charge in [0.25, 0.3) is 0 Å². The standard InChI is InChI=1S/C21H23N7O2/c1-13-8-17(30-28-13)11-23-21-24-12-18(20(22)25-21)19-10-15(26-27-19)7-6-14-4-3-5-16(9-14)29-2/h3-5,8-10,12H,6-7,11H2,1-2H3,(H,26,27)(H3,22,23,24,25).